The third kappa shape index (κ3) is 54.5. The third-order valence-corrected chi connectivity index (χ3v) is 0.478. The van der Waals surface area contributed by atoms with E-state index in [1.165, 1.54) is 0 Å². The summed E-state index contributed by atoms with van der Waals surface area (Å²) < 4.78 is 0. The fourth-order valence-electron chi connectivity index (χ4n) is 0.253. The first-order chi connectivity index (χ1) is 6.46. The van der Waals surface area contributed by atoms with Crippen LogP contribution in [0.15, 0.2) is 24.8 Å². The minimum absolute atomic E-state index is 1.64. The molecule has 0 spiro atoms. The second-order valence-corrected chi connectivity index (χ2v) is 1.46. The Morgan fingerprint density at radius 1 is 0.714 bits per heavy atom. The SMILES string of the molecule is O=C(O)O.O=C(O)O.c1cnccn1. The molecule has 0 atom stereocenters. The van der Waals surface area contributed by atoms with E-state index in [9.17, 15) is 0 Å². The highest BCUT2D eigenvalue weighted by molar-refractivity contribution is 5.53. The van der Waals surface area contributed by atoms with Crippen molar-refractivity contribution in [3.05, 3.63) is 24.8 Å². The van der Waals surface area contributed by atoms with E-state index in [0.29, 0.717) is 0 Å². The summed E-state index contributed by atoms with van der Waals surface area (Å²) in [5, 5.41) is 27.9. The van der Waals surface area contributed by atoms with Crippen LogP contribution < -0.4 is 0 Å². The number of carboxylic acid groups (broad SMARTS) is 4. The van der Waals surface area contributed by atoms with Gasteiger partial charge in [-0.2, -0.15) is 0 Å². The van der Waals surface area contributed by atoms with E-state index >= 15 is 0 Å². The van der Waals surface area contributed by atoms with E-state index in [-0.39, 0.29) is 0 Å². The predicted octanol–water partition coefficient (Wildman–Crippen LogP) is 0.921. The molecule has 78 valence electrons. The van der Waals surface area contributed by atoms with Crippen molar-refractivity contribution < 1.29 is 30.0 Å². The van der Waals surface area contributed by atoms with Gasteiger partial charge in [0.1, 0.15) is 0 Å². The van der Waals surface area contributed by atoms with Crippen LogP contribution in [0.1, 0.15) is 0 Å². The lowest BCUT2D eigenvalue weighted by Gasteiger charge is -1.70. The predicted molar refractivity (Wildman–Crippen MR) is 43.3 cm³/mol. The van der Waals surface area contributed by atoms with Gasteiger partial charge in [-0.25, -0.2) is 9.59 Å². The Labute approximate surface area is 78.1 Å². The summed E-state index contributed by atoms with van der Waals surface area (Å²) >= 11 is 0. The number of aromatic nitrogens is 2. The van der Waals surface area contributed by atoms with E-state index in [0.717, 1.165) is 0 Å². The van der Waals surface area contributed by atoms with Crippen LogP contribution >= 0.6 is 0 Å². The summed E-state index contributed by atoms with van der Waals surface area (Å²) in [6.45, 7) is 0. The average Bonchev–Trinajstić information content (AvgIpc) is 2.05. The molecule has 0 amide bonds. The van der Waals surface area contributed by atoms with Crippen LogP contribution in [-0.4, -0.2) is 42.7 Å². The summed E-state index contributed by atoms with van der Waals surface area (Å²) in [5.41, 5.74) is 0. The molecule has 8 nitrogen and oxygen atoms in total. The Balaban J connectivity index is 0. The molecule has 0 aliphatic heterocycles. The molecular weight excluding hydrogens is 196 g/mol. The zero-order chi connectivity index (χ0) is 11.4. The maximum absolute atomic E-state index is 8.56. The molecule has 0 aliphatic rings. The summed E-state index contributed by atoms with van der Waals surface area (Å²) in [6, 6.07) is 0. The highest BCUT2D eigenvalue weighted by Gasteiger charge is 1.70. The van der Waals surface area contributed by atoms with Gasteiger partial charge in [0.15, 0.2) is 0 Å². The van der Waals surface area contributed by atoms with Crippen molar-refractivity contribution in [2.45, 2.75) is 0 Å². The summed E-state index contributed by atoms with van der Waals surface area (Å²) in [4.78, 5) is 24.6. The summed E-state index contributed by atoms with van der Waals surface area (Å²) in [6.07, 6.45) is 2.89. The number of nitrogens with zero attached hydrogens (tertiary/aromatic N) is 2. The van der Waals surface area contributed by atoms with Gasteiger partial charge in [-0.3, -0.25) is 9.97 Å². The topological polar surface area (TPSA) is 141 Å². The quantitative estimate of drug-likeness (QED) is 0.488. The smallest absolute Gasteiger partial charge is 0.450 e. The van der Waals surface area contributed by atoms with Crippen molar-refractivity contribution in [3.8, 4) is 0 Å². The molecule has 0 bridgehead atoms. The van der Waals surface area contributed by atoms with Gasteiger partial charge in [0.05, 0.1) is 0 Å². The first kappa shape index (κ1) is 14.2. The van der Waals surface area contributed by atoms with E-state index in [4.69, 9.17) is 30.0 Å². The molecule has 1 rings (SSSR count). The Morgan fingerprint density at radius 3 is 0.929 bits per heavy atom. The van der Waals surface area contributed by atoms with Crippen LogP contribution in [0.25, 0.3) is 0 Å². The van der Waals surface area contributed by atoms with Crippen molar-refractivity contribution in [1.82, 2.24) is 9.97 Å². The third-order valence-electron chi connectivity index (χ3n) is 0.478. The molecule has 1 heterocycles. The summed E-state index contributed by atoms with van der Waals surface area (Å²) in [5.74, 6) is 0. The van der Waals surface area contributed by atoms with Crippen molar-refractivity contribution in [2.24, 2.45) is 0 Å². The van der Waals surface area contributed by atoms with Crippen LogP contribution in [0, 0.1) is 0 Å². The van der Waals surface area contributed by atoms with Gasteiger partial charge in [0, 0.05) is 24.8 Å². The molecule has 4 N–H and O–H groups in total. The van der Waals surface area contributed by atoms with Gasteiger partial charge in [-0.15, -0.1) is 0 Å². The highest BCUT2D eigenvalue weighted by Crippen LogP contribution is 1.65. The molecular formula is C6H8N2O6. The molecule has 8 heteroatoms. The van der Waals surface area contributed by atoms with Gasteiger partial charge < -0.3 is 20.4 Å². The van der Waals surface area contributed by atoms with E-state index in [1.54, 1.807) is 24.8 Å². The Bertz CT molecular complexity index is 205. The normalized spacial score (nSPS) is 6.86. The molecule has 0 aromatic carbocycles. The van der Waals surface area contributed by atoms with Crippen molar-refractivity contribution in [3.63, 3.8) is 0 Å². The van der Waals surface area contributed by atoms with Gasteiger partial charge in [0.25, 0.3) is 0 Å². The van der Waals surface area contributed by atoms with Gasteiger partial charge in [-0.05, 0) is 0 Å². The van der Waals surface area contributed by atoms with Crippen LogP contribution in [0.2, 0.25) is 0 Å². The maximum atomic E-state index is 8.56. The molecule has 0 saturated heterocycles. The summed E-state index contributed by atoms with van der Waals surface area (Å²) in [7, 11) is 0. The Kier molecular flexibility index (Phi) is 10.7. The number of carbonyl (C=O) groups is 2. The molecule has 1 aromatic rings. The lowest BCUT2D eigenvalue weighted by atomic mass is 10.8. The van der Waals surface area contributed by atoms with Crippen LogP contribution in [-0.2, 0) is 0 Å². The minimum Gasteiger partial charge on any atom is -0.450 e. The zero-order valence-electron chi connectivity index (χ0n) is 6.81. The van der Waals surface area contributed by atoms with E-state index in [1.807, 2.05) is 0 Å². The first-order valence-electron chi connectivity index (χ1n) is 3.00. The lowest BCUT2D eigenvalue weighted by molar-refractivity contribution is 0.135. The number of rotatable bonds is 0. The number of hydrogen-bond donors (Lipinski definition) is 4. The zero-order valence-corrected chi connectivity index (χ0v) is 6.81. The standard InChI is InChI=1S/C4H4N2.2CH2O3/c1-2-6-4-3-5-1;2*2-1(3)4/h1-4H;2*(H2,2,3,4). The van der Waals surface area contributed by atoms with Gasteiger partial charge in [0.2, 0.25) is 0 Å². The van der Waals surface area contributed by atoms with Crippen molar-refractivity contribution in [1.29, 1.82) is 0 Å². The van der Waals surface area contributed by atoms with Crippen molar-refractivity contribution in [2.75, 3.05) is 0 Å². The minimum atomic E-state index is -1.83. The molecule has 0 radical (unpaired) electrons. The second-order valence-electron chi connectivity index (χ2n) is 1.46. The molecule has 0 fully saturated rings. The Hall–Kier alpha value is -2.38. The maximum Gasteiger partial charge on any atom is 0.503 e. The first-order valence-corrected chi connectivity index (χ1v) is 3.00. The molecule has 0 saturated carbocycles. The van der Waals surface area contributed by atoms with Crippen molar-refractivity contribution >= 4 is 12.3 Å². The van der Waals surface area contributed by atoms with Crippen LogP contribution in [0.4, 0.5) is 9.59 Å². The number of hydrogen-bond acceptors (Lipinski definition) is 4. The lowest BCUT2D eigenvalue weighted by Crippen LogP contribution is -1.81. The fraction of sp³-hybridized carbons (Fsp3) is 0. The van der Waals surface area contributed by atoms with Gasteiger partial charge in [-0.1, -0.05) is 0 Å². The van der Waals surface area contributed by atoms with Crippen LogP contribution in [0.5, 0.6) is 0 Å². The monoisotopic (exact) mass is 204 g/mol. The molecule has 0 aliphatic carbocycles. The fourth-order valence-corrected chi connectivity index (χ4v) is 0.253. The highest BCUT2D eigenvalue weighted by atomic mass is 16.6. The van der Waals surface area contributed by atoms with E-state index < -0.39 is 12.3 Å². The average molecular weight is 204 g/mol. The molecule has 0 unspecified atom stereocenters. The molecule has 1 aromatic heterocycles. The Morgan fingerprint density at radius 2 is 0.857 bits per heavy atom. The van der Waals surface area contributed by atoms with Gasteiger partial charge >= 0.3 is 12.3 Å². The van der Waals surface area contributed by atoms with Crippen LogP contribution in [0.3, 0.4) is 0 Å². The van der Waals surface area contributed by atoms with E-state index in [2.05, 4.69) is 9.97 Å². The second kappa shape index (κ2) is 10.6. The largest absolute Gasteiger partial charge is 0.503 e. The molecule has 14 heavy (non-hydrogen) atoms.